The molecule has 1 amide bonds. The Kier molecular flexibility index (Phi) is 6.92. The maximum atomic E-state index is 11.9. The fourth-order valence-electron chi connectivity index (χ4n) is 1.50. The molecule has 0 saturated heterocycles. The maximum absolute atomic E-state index is 11.9. The SMILES string of the molecule is CCCCNC(=O)c1ccc(OCC(C)C)c(Br)c1. The first kappa shape index (κ1) is 16.0. The molecule has 0 radical (unpaired) electrons. The summed E-state index contributed by atoms with van der Waals surface area (Å²) >= 11 is 3.44. The molecule has 1 aromatic carbocycles. The number of hydrogen-bond acceptors (Lipinski definition) is 2. The van der Waals surface area contributed by atoms with Gasteiger partial charge in [0.1, 0.15) is 5.75 Å². The summed E-state index contributed by atoms with van der Waals surface area (Å²) in [5, 5.41) is 2.90. The molecule has 0 aliphatic carbocycles. The Morgan fingerprint density at radius 3 is 2.74 bits per heavy atom. The minimum absolute atomic E-state index is 0.0374. The van der Waals surface area contributed by atoms with Gasteiger partial charge in [0.05, 0.1) is 11.1 Å². The Balaban J connectivity index is 2.62. The molecule has 0 aliphatic rings. The standard InChI is InChI=1S/C15H22BrNO2/c1-4-5-8-17-15(18)12-6-7-14(13(16)9-12)19-10-11(2)3/h6-7,9,11H,4-5,8,10H2,1-3H3,(H,17,18). The summed E-state index contributed by atoms with van der Waals surface area (Å²) in [7, 11) is 0. The van der Waals surface area contributed by atoms with Crippen molar-refractivity contribution in [2.45, 2.75) is 33.6 Å². The lowest BCUT2D eigenvalue weighted by atomic mass is 10.2. The Morgan fingerprint density at radius 1 is 1.42 bits per heavy atom. The zero-order valence-corrected chi connectivity index (χ0v) is 13.4. The van der Waals surface area contributed by atoms with Gasteiger partial charge in [0.15, 0.2) is 0 Å². The van der Waals surface area contributed by atoms with Crippen LogP contribution in [0.2, 0.25) is 0 Å². The number of carbonyl (C=O) groups excluding carboxylic acids is 1. The van der Waals surface area contributed by atoms with Gasteiger partial charge in [-0.15, -0.1) is 0 Å². The summed E-state index contributed by atoms with van der Waals surface area (Å²) in [6, 6.07) is 5.43. The molecule has 19 heavy (non-hydrogen) atoms. The normalized spacial score (nSPS) is 10.6. The number of nitrogens with one attached hydrogen (secondary N) is 1. The highest BCUT2D eigenvalue weighted by atomic mass is 79.9. The van der Waals surface area contributed by atoms with E-state index < -0.39 is 0 Å². The van der Waals surface area contributed by atoms with E-state index in [1.165, 1.54) is 0 Å². The van der Waals surface area contributed by atoms with Crippen molar-refractivity contribution >= 4 is 21.8 Å². The predicted octanol–water partition coefficient (Wildman–Crippen LogP) is 4.01. The van der Waals surface area contributed by atoms with Crippen LogP contribution in [-0.4, -0.2) is 19.1 Å². The van der Waals surface area contributed by atoms with E-state index in [0.717, 1.165) is 29.6 Å². The van der Waals surface area contributed by atoms with Crippen molar-refractivity contribution in [1.29, 1.82) is 0 Å². The number of amides is 1. The molecule has 0 heterocycles. The van der Waals surface area contributed by atoms with E-state index in [1.54, 1.807) is 12.1 Å². The van der Waals surface area contributed by atoms with Crippen LogP contribution in [0.1, 0.15) is 44.0 Å². The second kappa shape index (κ2) is 8.20. The number of unbranched alkanes of at least 4 members (excludes halogenated alkanes) is 1. The van der Waals surface area contributed by atoms with Crippen LogP contribution >= 0.6 is 15.9 Å². The second-order valence-corrected chi connectivity index (χ2v) is 5.81. The van der Waals surface area contributed by atoms with Gasteiger partial charge in [-0.05, 0) is 46.5 Å². The first-order chi connectivity index (χ1) is 9.04. The Morgan fingerprint density at radius 2 is 2.16 bits per heavy atom. The molecule has 106 valence electrons. The van der Waals surface area contributed by atoms with Gasteiger partial charge in [-0.25, -0.2) is 0 Å². The van der Waals surface area contributed by atoms with Crippen LogP contribution in [0.25, 0.3) is 0 Å². The minimum Gasteiger partial charge on any atom is -0.492 e. The van der Waals surface area contributed by atoms with Crippen LogP contribution in [-0.2, 0) is 0 Å². The molecule has 0 saturated carbocycles. The average molecular weight is 328 g/mol. The van der Waals surface area contributed by atoms with Crippen LogP contribution in [0, 0.1) is 5.92 Å². The summed E-state index contributed by atoms with van der Waals surface area (Å²) in [5.41, 5.74) is 0.653. The van der Waals surface area contributed by atoms with Gasteiger partial charge in [-0.1, -0.05) is 27.2 Å². The lowest BCUT2D eigenvalue weighted by Crippen LogP contribution is -2.24. The van der Waals surface area contributed by atoms with Crippen molar-refractivity contribution in [2.24, 2.45) is 5.92 Å². The lowest BCUT2D eigenvalue weighted by molar-refractivity contribution is 0.0953. The van der Waals surface area contributed by atoms with E-state index >= 15 is 0 Å². The molecular weight excluding hydrogens is 306 g/mol. The van der Waals surface area contributed by atoms with Gasteiger partial charge in [0, 0.05) is 12.1 Å². The van der Waals surface area contributed by atoms with Gasteiger partial charge in [-0.2, -0.15) is 0 Å². The van der Waals surface area contributed by atoms with Gasteiger partial charge in [-0.3, -0.25) is 4.79 Å². The molecule has 3 nitrogen and oxygen atoms in total. The topological polar surface area (TPSA) is 38.3 Å². The summed E-state index contributed by atoms with van der Waals surface area (Å²) in [5.74, 6) is 1.22. The first-order valence-corrected chi connectivity index (χ1v) is 7.54. The highest BCUT2D eigenvalue weighted by Crippen LogP contribution is 2.26. The van der Waals surface area contributed by atoms with E-state index in [2.05, 4.69) is 42.0 Å². The average Bonchev–Trinajstić information content (AvgIpc) is 2.37. The molecule has 0 atom stereocenters. The minimum atomic E-state index is -0.0374. The Hall–Kier alpha value is -1.03. The van der Waals surface area contributed by atoms with Crippen LogP contribution in [0.15, 0.2) is 22.7 Å². The third kappa shape index (κ3) is 5.64. The number of benzene rings is 1. The van der Waals surface area contributed by atoms with Crippen LogP contribution in [0.3, 0.4) is 0 Å². The van der Waals surface area contributed by atoms with E-state index in [0.29, 0.717) is 18.1 Å². The van der Waals surface area contributed by atoms with Crippen molar-refractivity contribution < 1.29 is 9.53 Å². The van der Waals surface area contributed by atoms with Gasteiger partial charge in [0.2, 0.25) is 0 Å². The Bertz CT molecular complexity index is 419. The van der Waals surface area contributed by atoms with E-state index in [9.17, 15) is 4.79 Å². The van der Waals surface area contributed by atoms with Crippen LogP contribution < -0.4 is 10.1 Å². The maximum Gasteiger partial charge on any atom is 0.251 e. The third-order valence-corrected chi connectivity index (χ3v) is 3.20. The molecular formula is C15H22BrNO2. The summed E-state index contributed by atoms with van der Waals surface area (Å²) < 4.78 is 6.47. The van der Waals surface area contributed by atoms with Crippen LogP contribution in [0.5, 0.6) is 5.75 Å². The molecule has 0 fully saturated rings. The van der Waals surface area contributed by atoms with Crippen molar-refractivity contribution in [3.05, 3.63) is 28.2 Å². The highest BCUT2D eigenvalue weighted by Gasteiger charge is 2.09. The molecule has 1 aromatic rings. The monoisotopic (exact) mass is 327 g/mol. The number of carbonyl (C=O) groups is 1. The zero-order valence-electron chi connectivity index (χ0n) is 11.8. The van der Waals surface area contributed by atoms with Crippen molar-refractivity contribution in [1.82, 2.24) is 5.32 Å². The third-order valence-electron chi connectivity index (χ3n) is 2.58. The number of rotatable bonds is 7. The van der Waals surface area contributed by atoms with Gasteiger partial charge in [0.25, 0.3) is 5.91 Å². The fraction of sp³-hybridized carbons (Fsp3) is 0.533. The van der Waals surface area contributed by atoms with Crippen molar-refractivity contribution in [3.63, 3.8) is 0 Å². The zero-order chi connectivity index (χ0) is 14.3. The molecule has 1 rings (SSSR count). The predicted molar refractivity (Wildman–Crippen MR) is 81.7 cm³/mol. The quantitative estimate of drug-likeness (QED) is 0.768. The Labute approximate surface area is 123 Å². The molecule has 0 aliphatic heterocycles. The first-order valence-electron chi connectivity index (χ1n) is 6.75. The molecule has 0 bridgehead atoms. The molecule has 1 N–H and O–H groups in total. The second-order valence-electron chi connectivity index (χ2n) is 4.96. The van der Waals surface area contributed by atoms with Crippen molar-refractivity contribution in [3.8, 4) is 5.75 Å². The highest BCUT2D eigenvalue weighted by molar-refractivity contribution is 9.10. The van der Waals surface area contributed by atoms with E-state index in [1.807, 2.05) is 6.07 Å². The molecule has 0 spiro atoms. The summed E-state index contributed by atoms with van der Waals surface area (Å²) in [6.07, 6.45) is 2.08. The number of halogens is 1. The molecule has 4 heteroatoms. The lowest BCUT2D eigenvalue weighted by Gasteiger charge is -2.11. The van der Waals surface area contributed by atoms with Crippen molar-refractivity contribution in [2.75, 3.05) is 13.2 Å². The molecule has 0 aromatic heterocycles. The molecule has 0 unspecified atom stereocenters. The van der Waals surface area contributed by atoms with Gasteiger partial charge < -0.3 is 10.1 Å². The number of hydrogen-bond donors (Lipinski definition) is 1. The van der Waals surface area contributed by atoms with E-state index in [-0.39, 0.29) is 5.91 Å². The van der Waals surface area contributed by atoms with Crippen LogP contribution in [0.4, 0.5) is 0 Å². The summed E-state index contributed by atoms with van der Waals surface area (Å²) in [6.45, 7) is 7.69. The number of ether oxygens (including phenoxy) is 1. The smallest absolute Gasteiger partial charge is 0.251 e. The largest absolute Gasteiger partial charge is 0.492 e. The summed E-state index contributed by atoms with van der Waals surface area (Å²) in [4.78, 5) is 11.9. The van der Waals surface area contributed by atoms with Gasteiger partial charge >= 0.3 is 0 Å². The fourth-order valence-corrected chi connectivity index (χ4v) is 1.99. The van der Waals surface area contributed by atoms with E-state index in [4.69, 9.17) is 4.74 Å².